The minimum atomic E-state index is -1.06. The van der Waals surface area contributed by atoms with Crippen LogP contribution in [0.1, 0.15) is 22.2 Å². The van der Waals surface area contributed by atoms with Gasteiger partial charge in [-0.15, -0.1) is 11.3 Å². The number of hydrogen-bond donors (Lipinski definition) is 1. The van der Waals surface area contributed by atoms with Crippen LogP contribution in [0.5, 0.6) is 0 Å². The molecular weight excluding hydrogens is 391 g/mol. The lowest BCUT2D eigenvalue weighted by Crippen LogP contribution is -2.29. The van der Waals surface area contributed by atoms with Crippen LogP contribution in [0.25, 0.3) is 10.1 Å². The fourth-order valence-corrected chi connectivity index (χ4v) is 3.46. The number of fused-ring (bicyclic) bond motifs is 1. The van der Waals surface area contributed by atoms with E-state index in [0.717, 1.165) is 16.0 Å². The van der Waals surface area contributed by atoms with E-state index in [1.54, 1.807) is 6.07 Å². The molecule has 3 rings (SSSR count). The zero-order valence-corrected chi connectivity index (χ0v) is 15.5. The van der Waals surface area contributed by atoms with Gasteiger partial charge in [-0.05, 0) is 54.8 Å². The Hall–Kier alpha value is -2.95. The van der Waals surface area contributed by atoms with Gasteiger partial charge in [0.2, 0.25) is 0 Å². The predicted octanol–water partition coefficient (Wildman–Crippen LogP) is 4.75. The van der Waals surface area contributed by atoms with E-state index in [-0.39, 0.29) is 15.5 Å². The van der Waals surface area contributed by atoms with Crippen LogP contribution in [0.2, 0.25) is 5.02 Å². The normalized spacial score (nSPS) is 11.6. The van der Waals surface area contributed by atoms with Crippen molar-refractivity contribution < 1.29 is 18.7 Å². The van der Waals surface area contributed by atoms with E-state index in [1.807, 2.05) is 6.07 Å². The average molecular weight is 403 g/mol. The Kier molecular flexibility index (Phi) is 5.40. The number of nitriles is 1. The van der Waals surface area contributed by atoms with Gasteiger partial charge < -0.3 is 10.1 Å². The molecule has 0 radical (unpaired) electrons. The standard InChI is InChI=1S/C19H12ClFN2O3S/c1-10(18(24)23-14-4-2-11(9-22)15(20)8-14)26-19(25)17-7-12-6-13(21)3-5-16(12)27-17/h2-8,10H,1H3,(H,23,24)/t10-/m1/s1. The summed E-state index contributed by atoms with van der Waals surface area (Å²) in [5, 5.41) is 12.2. The lowest BCUT2D eigenvalue weighted by molar-refractivity contribution is -0.123. The molecule has 0 fully saturated rings. The quantitative estimate of drug-likeness (QED) is 0.638. The minimum absolute atomic E-state index is 0.206. The number of carbonyl (C=O) groups excluding carboxylic acids is 2. The SMILES string of the molecule is C[C@@H](OC(=O)c1cc2cc(F)ccc2s1)C(=O)Nc1ccc(C#N)c(Cl)c1. The third kappa shape index (κ3) is 4.25. The van der Waals surface area contributed by atoms with Gasteiger partial charge in [-0.3, -0.25) is 4.79 Å². The van der Waals surface area contributed by atoms with Gasteiger partial charge in [-0.1, -0.05) is 11.6 Å². The molecule has 0 aliphatic heterocycles. The molecule has 8 heteroatoms. The summed E-state index contributed by atoms with van der Waals surface area (Å²) in [6.07, 6.45) is -1.06. The summed E-state index contributed by atoms with van der Waals surface area (Å²) >= 11 is 7.08. The maximum Gasteiger partial charge on any atom is 0.349 e. The molecule has 136 valence electrons. The Bertz CT molecular complexity index is 1090. The molecule has 1 aromatic heterocycles. The van der Waals surface area contributed by atoms with Gasteiger partial charge in [0.15, 0.2) is 6.10 Å². The summed E-state index contributed by atoms with van der Waals surface area (Å²) in [6.45, 7) is 1.44. The second-order valence-corrected chi connectivity index (χ2v) is 7.13. The fraction of sp³-hybridized carbons (Fsp3) is 0.105. The number of ether oxygens (including phenoxy) is 1. The van der Waals surface area contributed by atoms with Crippen molar-refractivity contribution in [1.82, 2.24) is 0 Å². The number of halogens is 2. The molecule has 2 aromatic carbocycles. The highest BCUT2D eigenvalue weighted by Gasteiger charge is 2.21. The van der Waals surface area contributed by atoms with Crippen molar-refractivity contribution in [2.75, 3.05) is 5.32 Å². The first-order chi connectivity index (χ1) is 12.9. The fourth-order valence-electron chi connectivity index (χ4n) is 2.31. The summed E-state index contributed by atoms with van der Waals surface area (Å²) in [4.78, 5) is 24.8. The number of esters is 1. The van der Waals surface area contributed by atoms with E-state index in [1.165, 1.54) is 43.3 Å². The van der Waals surface area contributed by atoms with Crippen LogP contribution in [0.15, 0.2) is 42.5 Å². The number of rotatable bonds is 4. The molecule has 0 unspecified atom stereocenters. The number of hydrogen-bond acceptors (Lipinski definition) is 5. The molecule has 0 aliphatic rings. The number of nitrogens with zero attached hydrogens (tertiary/aromatic N) is 1. The average Bonchev–Trinajstić information content (AvgIpc) is 3.05. The number of benzene rings is 2. The Balaban J connectivity index is 1.67. The van der Waals surface area contributed by atoms with Gasteiger partial charge >= 0.3 is 5.97 Å². The number of amides is 1. The highest BCUT2D eigenvalue weighted by Crippen LogP contribution is 2.27. The molecule has 0 spiro atoms. The van der Waals surface area contributed by atoms with Crippen LogP contribution in [0.4, 0.5) is 10.1 Å². The van der Waals surface area contributed by atoms with Crippen molar-refractivity contribution in [3.05, 3.63) is 63.7 Å². The van der Waals surface area contributed by atoms with E-state index in [0.29, 0.717) is 11.1 Å². The van der Waals surface area contributed by atoms with Crippen molar-refractivity contribution in [1.29, 1.82) is 5.26 Å². The third-order valence-electron chi connectivity index (χ3n) is 3.69. The molecule has 1 amide bonds. The van der Waals surface area contributed by atoms with Gasteiger partial charge in [0.1, 0.15) is 16.8 Å². The van der Waals surface area contributed by atoms with Crippen LogP contribution in [0.3, 0.4) is 0 Å². The zero-order chi connectivity index (χ0) is 19.6. The van der Waals surface area contributed by atoms with Crippen molar-refractivity contribution in [2.45, 2.75) is 13.0 Å². The van der Waals surface area contributed by atoms with E-state index in [9.17, 15) is 14.0 Å². The van der Waals surface area contributed by atoms with Crippen LogP contribution in [0, 0.1) is 17.1 Å². The molecule has 1 heterocycles. The summed E-state index contributed by atoms with van der Waals surface area (Å²) in [5.41, 5.74) is 0.666. The van der Waals surface area contributed by atoms with Gasteiger partial charge in [0.25, 0.3) is 5.91 Å². The Morgan fingerprint density at radius 3 is 2.74 bits per heavy atom. The van der Waals surface area contributed by atoms with Crippen molar-refractivity contribution in [3.63, 3.8) is 0 Å². The topological polar surface area (TPSA) is 79.2 Å². The molecule has 1 N–H and O–H groups in total. The first kappa shape index (κ1) is 18.8. The largest absolute Gasteiger partial charge is 0.448 e. The highest BCUT2D eigenvalue weighted by molar-refractivity contribution is 7.20. The van der Waals surface area contributed by atoms with Gasteiger partial charge in [0, 0.05) is 10.4 Å². The molecule has 3 aromatic rings. The smallest absolute Gasteiger partial charge is 0.349 e. The summed E-state index contributed by atoms with van der Waals surface area (Å²) in [5.74, 6) is -1.61. The predicted molar refractivity (Wildman–Crippen MR) is 101 cm³/mol. The van der Waals surface area contributed by atoms with Crippen LogP contribution in [-0.4, -0.2) is 18.0 Å². The molecule has 0 saturated carbocycles. The lowest BCUT2D eigenvalue weighted by Gasteiger charge is -2.13. The molecule has 0 saturated heterocycles. The summed E-state index contributed by atoms with van der Waals surface area (Å²) in [6, 6.07) is 12.1. The lowest BCUT2D eigenvalue weighted by atomic mass is 10.2. The molecule has 27 heavy (non-hydrogen) atoms. The van der Waals surface area contributed by atoms with Crippen molar-refractivity contribution in [2.24, 2.45) is 0 Å². The molecule has 0 bridgehead atoms. The molecule has 0 aliphatic carbocycles. The van der Waals surface area contributed by atoms with E-state index in [4.69, 9.17) is 21.6 Å². The second-order valence-electron chi connectivity index (χ2n) is 5.64. The number of anilines is 1. The van der Waals surface area contributed by atoms with Crippen LogP contribution in [-0.2, 0) is 9.53 Å². The van der Waals surface area contributed by atoms with Gasteiger partial charge in [-0.25, -0.2) is 9.18 Å². The summed E-state index contributed by atoms with van der Waals surface area (Å²) < 4.78 is 19.2. The maximum atomic E-state index is 13.3. The van der Waals surface area contributed by atoms with Gasteiger partial charge in [0.05, 0.1) is 10.6 Å². The minimum Gasteiger partial charge on any atom is -0.448 e. The molecule has 5 nitrogen and oxygen atoms in total. The van der Waals surface area contributed by atoms with Crippen LogP contribution < -0.4 is 5.32 Å². The third-order valence-corrected chi connectivity index (χ3v) is 5.10. The first-order valence-corrected chi connectivity index (χ1v) is 8.97. The molecular formula is C19H12ClFN2O3S. The summed E-state index contributed by atoms with van der Waals surface area (Å²) in [7, 11) is 0. The van der Waals surface area contributed by atoms with Crippen molar-refractivity contribution in [3.8, 4) is 6.07 Å². The highest BCUT2D eigenvalue weighted by atomic mass is 35.5. The maximum absolute atomic E-state index is 13.3. The Morgan fingerprint density at radius 2 is 2.04 bits per heavy atom. The number of thiophene rings is 1. The number of nitrogens with one attached hydrogen (secondary N) is 1. The first-order valence-electron chi connectivity index (χ1n) is 7.78. The Labute approximate surface area is 162 Å². The Morgan fingerprint density at radius 1 is 1.26 bits per heavy atom. The second kappa shape index (κ2) is 7.74. The monoisotopic (exact) mass is 402 g/mol. The van der Waals surface area contributed by atoms with E-state index in [2.05, 4.69) is 5.32 Å². The van der Waals surface area contributed by atoms with E-state index >= 15 is 0 Å². The van der Waals surface area contributed by atoms with Crippen LogP contribution >= 0.6 is 22.9 Å². The molecule has 1 atom stereocenters. The van der Waals surface area contributed by atoms with Gasteiger partial charge in [-0.2, -0.15) is 5.26 Å². The van der Waals surface area contributed by atoms with Crippen molar-refractivity contribution >= 4 is 50.6 Å². The number of carbonyl (C=O) groups is 2. The zero-order valence-electron chi connectivity index (χ0n) is 14.0. The van der Waals surface area contributed by atoms with E-state index < -0.39 is 23.8 Å².